The molecule has 2 heterocycles. The summed E-state index contributed by atoms with van der Waals surface area (Å²) >= 11 is 6.03. The summed E-state index contributed by atoms with van der Waals surface area (Å²) in [5, 5.41) is 7.63. The molecule has 1 amide bonds. The van der Waals surface area contributed by atoms with Gasteiger partial charge in [-0.15, -0.1) is 0 Å². The molecule has 1 fully saturated rings. The molecule has 0 bridgehead atoms. The molecule has 1 aromatic carbocycles. The fraction of sp³-hybridized carbons (Fsp3) is 0.368. The Balaban J connectivity index is 0.000000817. The van der Waals surface area contributed by atoms with Gasteiger partial charge in [-0.2, -0.15) is 0 Å². The van der Waals surface area contributed by atoms with Crippen LogP contribution in [0.4, 0.5) is 0 Å². The van der Waals surface area contributed by atoms with Crippen LogP contribution in [0.5, 0.6) is 0 Å². The van der Waals surface area contributed by atoms with Gasteiger partial charge in [0, 0.05) is 36.5 Å². The Labute approximate surface area is 163 Å². The summed E-state index contributed by atoms with van der Waals surface area (Å²) in [6.45, 7) is 1.15. The molecule has 1 aliphatic heterocycles. The van der Waals surface area contributed by atoms with Gasteiger partial charge in [0.25, 0.3) is 12.4 Å². The van der Waals surface area contributed by atoms with Crippen LogP contribution in [0.2, 0.25) is 5.02 Å². The Morgan fingerprint density at radius 2 is 1.93 bits per heavy atom. The van der Waals surface area contributed by atoms with E-state index in [0.29, 0.717) is 19.0 Å². The van der Waals surface area contributed by atoms with Gasteiger partial charge in [0.2, 0.25) is 5.82 Å². The summed E-state index contributed by atoms with van der Waals surface area (Å²) in [5.74, 6) is 0.571. The molecule has 144 valence electrons. The number of carbonyl (C=O) groups excluding carboxylic acids is 1. The summed E-state index contributed by atoms with van der Waals surface area (Å²) in [6, 6.07) is 9.62. The Bertz CT molecular complexity index is 737. The molecule has 1 unspecified atom stereocenters. The van der Waals surface area contributed by atoms with Gasteiger partial charge in [-0.3, -0.25) is 9.59 Å². The number of rotatable bonds is 4. The monoisotopic (exact) mass is 390 g/mol. The maximum atomic E-state index is 12.4. The third kappa shape index (κ3) is 6.30. The van der Waals surface area contributed by atoms with Crippen LogP contribution in [0.25, 0.3) is 0 Å². The molecular weight excluding hydrogens is 368 g/mol. The lowest BCUT2D eigenvalue weighted by Crippen LogP contribution is -2.44. The van der Waals surface area contributed by atoms with Crippen LogP contribution >= 0.6 is 11.6 Å². The normalized spacial score (nSPS) is 15.4. The number of amides is 1. The highest BCUT2D eigenvalue weighted by Crippen LogP contribution is 2.23. The van der Waals surface area contributed by atoms with Crippen molar-refractivity contribution in [2.45, 2.75) is 25.3 Å². The fourth-order valence-corrected chi connectivity index (χ4v) is 3.40. The van der Waals surface area contributed by atoms with Crippen molar-refractivity contribution in [1.82, 2.24) is 14.9 Å². The summed E-state index contributed by atoms with van der Waals surface area (Å²) in [7, 11) is 0. The van der Waals surface area contributed by atoms with Gasteiger partial charge in [0.05, 0.1) is 0 Å². The molecule has 1 saturated heterocycles. The zero-order chi connectivity index (χ0) is 19.6. The zero-order valence-electron chi connectivity index (χ0n) is 14.9. The number of nitrogens with two attached hydrogens (primary N) is 1. The average Bonchev–Trinajstić information content (AvgIpc) is 2.69. The molecule has 0 spiro atoms. The molecule has 3 rings (SSSR count). The first kappa shape index (κ1) is 20.8. The highest BCUT2D eigenvalue weighted by atomic mass is 35.5. The molecule has 1 aromatic heterocycles. The van der Waals surface area contributed by atoms with E-state index in [1.165, 1.54) is 0 Å². The zero-order valence-corrected chi connectivity index (χ0v) is 15.6. The second kappa shape index (κ2) is 10.6. The Kier molecular flexibility index (Phi) is 8.16. The second-order valence-corrected chi connectivity index (χ2v) is 6.74. The quantitative estimate of drug-likeness (QED) is 0.775. The molecule has 1 aliphatic rings. The van der Waals surface area contributed by atoms with Gasteiger partial charge < -0.3 is 15.7 Å². The highest BCUT2D eigenvalue weighted by molar-refractivity contribution is 6.30. The number of piperidine rings is 1. The molecule has 0 saturated carbocycles. The molecule has 27 heavy (non-hydrogen) atoms. The van der Waals surface area contributed by atoms with E-state index in [4.69, 9.17) is 27.2 Å². The van der Waals surface area contributed by atoms with Gasteiger partial charge in [-0.05, 0) is 48.9 Å². The minimum Gasteiger partial charge on any atom is -0.483 e. The van der Waals surface area contributed by atoms with Crippen molar-refractivity contribution in [3.8, 4) is 0 Å². The smallest absolute Gasteiger partial charge is 0.291 e. The van der Waals surface area contributed by atoms with Crippen molar-refractivity contribution in [3.05, 3.63) is 59.1 Å². The molecule has 2 aromatic rings. The van der Waals surface area contributed by atoms with Crippen LogP contribution in [-0.4, -0.2) is 51.5 Å². The lowest BCUT2D eigenvalue weighted by atomic mass is 9.86. The molecule has 7 nitrogen and oxygen atoms in total. The molecule has 0 aliphatic carbocycles. The predicted molar refractivity (Wildman–Crippen MR) is 102 cm³/mol. The summed E-state index contributed by atoms with van der Waals surface area (Å²) in [4.78, 5) is 30.6. The predicted octanol–water partition coefficient (Wildman–Crippen LogP) is 2.25. The maximum Gasteiger partial charge on any atom is 0.291 e. The number of carbonyl (C=O) groups is 2. The van der Waals surface area contributed by atoms with E-state index in [0.717, 1.165) is 29.8 Å². The summed E-state index contributed by atoms with van der Waals surface area (Å²) < 4.78 is 0. The Hall–Kier alpha value is -2.51. The number of likely N-dealkylation sites (tertiary alicyclic amines) is 1. The first-order valence-electron chi connectivity index (χ1n) is 8.69. The van der Waals surface area contributed by atoms with E-state index < -0.39 is 0 Å². The lowest BCUT2D eigenvalue weighted by molar-refractivity contribution is -0.122. The standard InChI is InChI=1S/C18H21ClN4O.CH2O2/c19-15-4-1-3-13(11-15)12-16(20)14-5-9-23(10-6-14)18(24)17-21-7-2-8-22-17;2-1-3/h1-4,7-8,11,14,16H,5-6,9-10,12,20H2;1H,(H,2,3). The van der Waals surface area contributed by atoms with E-state index in [1.807, 2.05) is 23.1 Å². The molecule has 3 N–H and O–H groups in total. The van der Waals surface area contributed by atoms with Crippen molar-refractivity contribution in [3.63, 3.8) is 0 Å². The van der Waals surface area contributed by atoms with Crippen LogP contribution in [0.15, 0.2) is 42.7 Å². The van der Waals surface area contributed by atoms with Crippen molar-refractivity contribution in [2.75, 3.05) is 13.1 Å². The van der Waals surface area contributed by atoms with Gasteiger partial charge in [-0.1, -0.05) is 23.7 Å². The van der Waals surface area contributed by atoms with Crippen LogP contribution in [0, 0.1) is 5.92 Å². The molecule has 8 heteroatoms. The van der Waals surface area contributed by atoms with Gasteiger partial charge in [0.15, 0.2) is 0 Å². The van der Waals surface area contributed by atoms with E-state index in [1.54, 1.807) is 18.5 Å². The number of aromatic nitrogens is 2. The topological polar surface area (TPSA) is 109 Å². The molecule has 0 radical (unpaired) electrons. The van der Waals surface area contributed by atoms with Gasteiger partial charge >= 0.3 is 0 Å². The second-order valence-electron chi connectivity index (χ2n) is 6.31. The number of hydrogen-bond acceptors (Lipinski definition) is 5. The summed E-state index contributed by atoms with van der Waals surface area (Å²) in [5.41, 5.74) is 7.55. The van der Waals surface area contributed by atoms with E-state index in [-0.39, 0.29) is 24.2 Å². The van der Waals surface area contributed by atoms with E-state index in [9.17, 15) is 4.79 Å². The first-order chi connectivity index (χ1) is 13.0. The van der Waals surface area contributed by atoms with Crippen LogP contribution < -0.4 is 5.73 Å². The minimum atomic E-state index is -0.250. The lowest BCUT2D eigenvalue weighted by Gasteiger charge is -2.34. The minimum absolute atomic E-state index is 0.0775. The third-order valence-electron chi connectivity index (χ3n) is 4.55. The Morgan fingerprint density at radius 3 is 2.52 bits per heavy atom. The number of carboxylic acid groups (broad SMARTS) is 1. The SMILES string of the molecule is NC(Cc1cccc(Cl)c1)C1CCN(C(=O)c2ncccn2)CC1.O=CO. The van der Waals surface area contributed by atoms with Crippen LogP contribution in [0.1, 0.15) is 29.0 Å². The highest BCUT2D eigenvalue weighted by Gasteiger charge is 2.28. The number of hydrogen-bond donors (Lipinski definition) is 2. The fourth-order valence-electron chi connectivity index (χ4n) is 3.18. The maximum absolute atomic E-state index is 12.4. The van der Waals surface area contributed by atoms with Crippen molar-refractivity contribution < 1.29 is 14.7 Å². The van der Waals surface area contributed by atoms with Crippen molar-refractivity contribution >= 4 is 24.0 Å². The van der Waals surface area contributed by atoms with Crippen LogP contribution in [0.3, 0.4) is 0 Å². The molecular formula is C19H23ClN4O3. The van der Waals surface area contributed by atoms with E-state index in [2.05, 4.69) is 16.0 Å². The first-order valence-corrected chi connectivity index (χ1v) is 9.07. The van der Waals surface area contributed by atoms with Crippen molar-refractivity contribution in [1.29, 1.82) is 0 Å². The van der Waals surface area contributed by atoms with Gasteiger partial charge in [0.1, 0.15) is 0 Å². The van der Waals surface area contributed by atoms with Crippen molar-refractivity contribution in [2.24, 2.45) is 11.7 Å². The third-order valence-corrected chi connectivity index (χ3v) is 4.78. The van der Waals surface area contributed by atoms with Gasteiger partial charge in [-0.25, -0.2) is 9.97 Å². The average molecular weight is 391 g/mol. The largest absolute Gasteiger partial charge is 0.483 e. The van der Waals surface area contributed by atoms with Crippen LogP contribution in [-0.2, 0) is 11.2 Å². The number of benzene rings is 1. The molecule has 1 atom stereocenters. The Morgan fingerprint density at radius 1 is 1.30 bits per heavy atom. The number of nitrogens with zero attached hydrogens (tertiary/aromatic N) is 3. The van der Waals surface area contributed by atoms with E-state index >= 15 is 0 Å². The summed E-state index contributed by atoms with van der Waals surface area (Å²) in [6.07, 6.45) is 5.79. The number of halogens is 1.